The molecular formula is C16H18N2O2. The molecule has 0 bridgehead atoms. The number of benzene rings is 1. The van der Waals surface area contributed by atoms with Gasteiger partial charge < -0.3 is 5.32 Å². The van der Waals surface area contributed by atoms with E-state index in [0.717, 1.165) is 13.1 Å². The molecule has 0 spiro atoms. The summed E-state index contributed by atoms with van der Waals surface area (Å²) in [5.74, 6) is 0.00433. The van der Waals surface area contributed by atoms with Gasteiger partial charge in [0.2, 0.25) is 0 Å². The predicted molar refractivity (Wildman–Crippen MR) is 76.5 cm³/mol. The van der Waals surface area contributed by atoms with Gasteiger partial charge in [0, 0.05) is 13.1 Å². The fourth-order valence-corrected chi connectivity index (χ4v) is 2.73. The minimum absolute atomic E-state index is 0.170. The number of amides is 2. The third-order valence-corrected chi connectivity index (χ3v) is 4.03. The Morgan fingerprint density at radius 1 is 1.15 bits per heavy atom. The lowest BCUT2D eigenvalue weighted by Gasteiger charge is -2.28. The van der Waals surface area contributed by atoms with Crippen molar-refractivity contribution in [2.24, 2.45) is 5.92 Å². The van der Waals surface area contributed by atoms with Gasteiger partial charge in [-0.15, -0.1) is 0 Å². The number of nitrogens with one attached hydrogen (secondary N) is 1. The molecule has 4 heteroatoms. The first-order valence-electron chi connectivity index (χ1n) is 6.96. The molecule has 1 fully saturated rings. The van der Waals surface area contributed by atoms with Crippen LogP contribution in [0.2, 0.25) is 0 Å². The molecule has 1 aromatic rings. The molecular weight excluding hydrogens is 252 g/mol. The molecule has 2 aliphatic heterocycles. The van der Waals surface area contributed by atoms with Gasteiger partial charge in [-0.2, -0.15) is 0 Å². The fraction of sp³-hybridized carbons (Fsp3) is 0.375. The van der Waals surface area contributed by atoms with Crippen LogP contribution in [0, 0.1) is 5.92 Å². The van der Waals surface area contributed by atoms with Gasteiger partial charge in [-0.1, -0.05) is 26.0 Å². The summed E-state index contributed by atoms with van der Waals surface area (Å²) < 4.78 is 0. The zero-order valence-corrected chi connectivity index (χ0v) is 11.8. The van der Waals surface area contributed by atoms with E-state index in [1.54, 1.807) is 24.3 Å². The lowest BCUT2D eigenvalue weighted by molar-refractivity contribution is 0.0665. The van der Waals surface area contributed by atoms with E-state index < -0.39 is 0 Å². The van der Waals surface area contributed by atoms with E-state index in [4.69, 9.17) is 0 Å². The Morgan fingerprint density at radius 3 is 2.10 bits per heavy atom. The average Bonchev–Trinajstić information content (AvgIpc) is 2.61. The van der Waals surface area contributed by atoms with Gasteiger partial charge in [0.25, 0.3) is 11.8 Å². The van der Waals surface area contributed by atoms with E-state index in [1.807, 2.05) is 0 Å². The zero-order valence-electron chi connectivity index (χ0n) is 11.8. The van der Waals surface area contributed by atoms with Crippen molar-refractivity contribution >= 4 is 11.8 Å². The maximum absolute atomic E-state index is 12.4. The summed E-state index contributed by atoms with van der Waals surface area (Å²) in [5, 5.41) is 3.21. The zero-order chi connectivity index (χ0) is 14.3. The second-order valence-electron chi connectivity index (χ2n) is 5.63. The van der Waals surface area contributed by atoms with Crippen molar-refractivity contribution < 1.29 is 9.59 Å². The molecule has 3 rings (SSSR count). The number of carbonyl (C=O) groups excluding carboxylic acids is 2. The molecule has 1 aromatic carbocycles. The van der Waals surface area contributed by atoms with E-state index >= 15 is 0 Å². The summed E-state index contributed by atoms with van der Waals surface area (Å²) >= 11 is 0. The average molecular weight is 270 g/mol. The van der Waals surface area contributed by atoms with Crippen molar-refractivity contribution in [3.8, 4) is 0 Å². The SMILES string of the molecule is CC(C)C(CN1C(=O)c2ccccc2C1=O)=C1CNC1. The quantitative estimate of drug-likeness (QED) is 0.673. The maximum atomic E-state index is 12.4. The van der Waals surface area contributed by atoms with Crippen LogP contribution in [0.25, 0.3) is 0 Å². The minimum Gasteiger partial charge on any atom is -0.309 e. The van der Waals surface area contributed by atoms with E-state index in [1.165, 1.54) is 16.0 Å². The van der Waals surface area contributed by atoms with Crippen molar-refractivity contribution in [2.45, 2.75) is 13.8 Å². The van der Waals surface area contributed by atoms with Crippen LogP contribution in [0.5, 0.6) is 0 Å². The summed E-state index contributed by atoms with van der Waals surface area (Å²) in [7, 11) is 0. The molecule has 1 N–H and O–H groups in total. The summed E-state index contributed by atoms with van der Waals surface area (Å²) in [5.41, 5.74) is 3.59. The highest BCUT2D eigenvalue weighted by atomic mass is 16.2. The third-order valence-electron chi connectivity index (χ3n) is 4.03. The lowest BCUT2D eigenvalue weighted by atomic mass is 9.93. The third kappa shape index (κ3) is 1.96. The first-order chi connectivity index (χ1) is 9.59. The van der Waals surface area contributed by atoms with Gasteiger partial charge >= 0.3 is 0 Å². The van der Waals surface area contributed by atoms with Crippen LogP contribution in [0.3, 0.4) is 0 Å². The normalized spacial score (nSPS) is 17.6. The fourth-order valence-electron chi connectivity index (χ4n) is 2.73. The second kappa shape index (κ2) is 4.87. The van der Waals surface area contributed by atoms with Crippen molar-refractivity contribution in [3.05, 3.63) is 46.5 Å². The highest BCUT2D eigenvalue weighted by molar-refractivity contribution is 6.21. The maximum Gasteiger partial charge on any atom is 0.261 e. The van der Waals surface area contributed by atoms with Gasteiger partial charge in [-0.25, -0.2) is 0 Å². The van der Waals surface area contributed by atoms with Gasteiger partial charge in [0.15, 0.2) is 0 Å². The Labute approximate surface area is 118 Å². The van der Waals surface area contributed by atoms with Crippen LogP contribution in [0.15, 0.2) is 35.4 Å². The van der Waals surface area contributed by atoms with Crippen LogP contribution in [0.1, 0.15) is 34.6 Å². The van der Waals surface area contributed by atoms with Crippen LogP contribution < -0.4 is 5.32 Å². The summed E-state index contributed by atoms with van der Waals surface area (Å²) in [6.45, 7) is 6.38. The second-order valence-corrected chi connectivity index (χ2v) is 5.63. The van der Waals surface area contributed by atoms with Crippen LogP contribution in [-0.2, 0) is 0 Å². The standard InChI is InChI=1S/C16H18N2O2/c1-10(2)14(11-7-17-8-11)9-18-15(19)12-5-3-4-6-13(12)16(18)20/h3-6,10,17H,7-9H2,1-2H3. The molecule has 2 amide bonds. The summed E-state index contributed by atoms with van der Waals surface area (Å²) in [4.78, 5) is 26.1. The smallest absolute Gasteiger partial charge is 0.261 e. The Bertz CT molecular complexity index is 576. The van der Waals surface area contributed by atoms with Crippen molar-refractivity contribution in [1.29, 1.82) is 0 Å². The first kappa shape index (κ1) is 13.1. The van der Waals surface area contributed by atoms with Crippen molar-refractivity contribution in [1.82, 2.24) is 10.2 Å². The Morgan fingerprint density at radius 2 is 1.70 bits per heavy atom. The molecule has 4 nitrogen and oxygen atoms in total. The minimum atomic E-state index is -0.170. The number of hydrogen-bond donors (Lipinski definition) is 1. The Balaban J connectivity index is 1.90. The molecule has 0 atom stereocenters. The number of fused-ring (bicyclic) bond motifs is 1. The van der Waals surface area contributed by atoms with Gasteiger partial charge in [0.1, 0.15) is 0 Å². The Kier molecular flexibility index (Phi) is 3.18. The molecule has 20 heavy (non-hydrogen) atoms. The van der Waals surface area contributed by atoms with Crippen molar-refractivity contribution in [3.63, 3.8) is 0 Å². The highest BCUT2D eigenvalue weighted by Gasteiger charge is 2.36. The van der Waals surface area contributed by atoms with Crippen LogP contribution in [-0.4, -0.2) is 36.3 Å². The number of hydrogen-bond acceptors (Lipinski definition) is 3. The van der Waals surface area contributed by atoms with Crippen molar-refractivity contribution in [2.75, 3.05) is 19.6 Å². The lowest BCUT2D eigenvalue weighted by Crippen LogP contribution is -2.39. The first-order valence-corrected chi connectivity index (χ1v) is 6.96. The van der Waals surface area contributed by atoms with E-state index in [2.05, 4.69) is 19.2 Å². The summed E-state index contributed by atoms with van der Waals surface area (Å²) in [6, 6.07) is 7.04. The largest absolute Gasteiger partial charge is 0.309 e. The highest BCUT2D eigenvalue weighted by Crippen LogP contribution is 2.26. The molecule has 104 valence electrons. The molecule has 2 aliphatic rings. The van der Waals surface area contributed by atoms with E-state index in [-0.39, 0.29) is 11.8 Å². The van der Waals surface area contributed by atoms with Gasteiger partial charge in [0.05, 0.1) is 17.7 Å². The number of carbonyl (C=O) groups is 2. The summed E-state index contributed by atoms with van der Waals surface area (Å²) in [6.07, 6.45) is 0. The van der Waals surface area contributed by atoms with E-state index in [0.29, 0.717) is 23.6 Å². The topological polar surface area (TPSA) is 49.4 Å². The van der Waals surface area contributed by atoms with Crippen LogP contribution >= 0.6 is 0 Å². The van der Waals surface area contributed by atoms with Crippen LogP contribution in [0.4, 0.5) is 0 Å². The number of imide groups is 1. The Hall–Kier alpha value is -1.94. The molecule has 2 heterocycles. The monoisotopic (exact) mass is 270 g/mol. The molecule has 0 saturated carbocycles. The van der Waals surface area contributed by atoms with Gasteiger partial charge in [-0.3, -0.25) is 14.5 Å². The molecule has 0 unspecified atom stereocenters. The number of rotatable bonds is 3. The molecule has 1 saturated heterocycles. The van der Waals surface area contributed by atoms with E-state index in [9.17, 15) is 9.59 Å². The molecule has 0 aromatic heterocycles. The number of nitrogens with zero attached hydrogens (tertiary/aromatic N) is 1. The molecule has 0 aliphatic carbocycles. The predicted octanol–water partition coefficient (Wildman–Crippen LogP) is 1.84. The molecule has 0 radical (unpaired) electrons. The van der Waals surface area contributed by atoms with Gasteiger partial charge in [-0.05, 0) is 29.2 Å².